The molecule has 0 bridgehead atoms. The molecule has 0 atom stereocenters. The number of hydrogen-bond donors (Lipinski definition) is 5. The fourth-order valence-electron chi connectivity index (χ4n) is 1.62. The molecule has 0 aliphatic carbocycles. The summed E-state index contributed by atoms with van der Waals surface area (Å²) in [7, 11) is 3.48. The smallest absolute Gasteiger partial charge is 0.312 e. The Labute approximate surface area is 154 Å². The van der Waals surface area contributed by atoms with Crippen LogP contribution in [-0.4, -0.2) is 55.9 Å². The number of nitrogens with two attached hydrogens (primary N) is 2. The number of benzene rings is 1. The van der Waals surface area contributed by atoms with Crippen molar-refractivity contribution in [1.82, 2.24) is 10.2 Å². The molecule has 0 aromatic heterocycles. The van der Waals surface area contributed by atoms with Crippen LogP contribution < -0.4 is 22.1 Å². The minimum atomic E-state index is -0.443. The van der Waals surface area contributed by atoms with Crippen LogP contribution in [0.3, 0.4) is 0 Å². The number of carbonyl (C=O) groups excluding carboxylic acids is 3. The van der Waals surface area contributed by atoms with Gasteiger partial charge in [0.25, 0.3) is 0 Å². The Morgan fingerprint density at radius 3 is 2.30 bits per heavy atom. The van der Waals surface area contributed by atoms with E-state index in [0.717, 1.165) is 23.2 Å². The van der Waals surface area contributed by atoms with E-state index >= 15 is 0 Å². The van der Waals surface area contributed by atoms with Gasteiger partial charge in [0, 0.05) is 32.4 Å². The van der Waals surface area contributed by atoms with Crippen LogP contribution in [0.4, 0.5) is 10.5 Å². The average Bonchev–Trinajstić information content (AvgIpc) is 2.66. The molecule has 3 amide bonds. The summed E-state index contributed by atoms with van der Waals surface area (Å²) in [4.78, 5) is 30.7. The number of carbonyl (C=O) groups is 2. The number of nitrogens with zero attached hydrogens (tertiary/aromatic N) is 1. The number of nitrogens with one attached hydrogen (secondary N) is 2. The van der Waals surface area contributed by atoms with Gasteiger partial charge >= 0.3 is 6.03 Å². The molecule has 1 rings (SSSR count). The van der Waals surface area contributed by atoms with Crippen LogP contribution in [0.25, 0.3) is 0 Å². The van der Waals surface area contributed by atoms with Gasteiger partial charge in [-0.05, 0) is 36.7 Å². The topological polar surface area (TPSA) is 151 Å². The fraction of sp³-hybridized carbons (Fsp3) is 0.471. The Morgan fingerprint density at radius 2 is 1.96 bits per heavy atom. The molecular formula is C17H30FmN5O4-. The quantitative estimate of drug-likeness (QED) is 0.155. The first-order valence-corrected chi connectivity index (χ1v) is 8.06. The normalized spacial score (nSPS) is 8.48. The number of aliphatic hydroxyl groups is 1. The third-order valence-electron chi connectivity index (χ3n) is 2.87. The molecule has 1 aromatic rings. The summed E-state index contributed by atoms with van der Waals surface area (Å²) in [6, 6.07) is 5.21. The van der Waals surface area contributed by atoms with Crippen molar-refractivity contribution in [2.24, 2.45) is 11.5 Å². The number of primary amides is 1. The maximum Gasteiger partial charge on any atom is 0.312 e. The molecule has 1 aromatic carbocycles. The van der Waals surface area contributed by atoms with Crippen LogP contribution in [0, 0.1) is 0 Å². The van der Waals surface area contributed by atoms with Crippen molar-refractivity contribution in [3.63, 3.8) is 0 Å². The van der Waals surface area contributed by atoms with E-state index in [-0.39, 0.29) is 13.2 Å². The first kappa shape index (κ1) is 28.2. The molecular weight excluding hydrogens is 595 g/mol. The van der Waals surface area contributed by atoms with Gasteiger partial charge < -0.3 is 41.7 Å². The Balaban J connectivity index is -0.000000403. The maximum absolute atomic E-state index is 10.4. The van der Waals surface area contributed by atoms with E-state index < -0.39 is 6.03 Å². The Kier molecular flexibility index (Phi) is 19.5. The molecule has 0 fully saturated rings. The van der Waals surface area contributed by atoms with Crippen LogP contribution in [0.1, 0.15) is 24.5 Å². The summed E-state index contributed by atoms with van der Waals surface area (Å²) in [6.45, 7) is 3.21. The van der Waals surface area contributed by atoms with Crippen LogP contribution in [0.15, 0.2) is 18.2 Å². The Hall–Kier alpha value is -3.65. The third-order valence-corrected chi connectivity index (χ3v) is 2.87. The van der Waals surface area contributed by atoms with Crippen molar-refractivity contribution in [3.8, 4) is 0 Å². The Bertz CT molecular complexity index is 532. The summed E-state index contributed by atoms with van der Waals surface area (Å²) >= 11 is 0. The van der Waals surface area contributed by atoms with E-state index in [0.29, 0.717) is 19.4 Å². The second-order valence-corrected chi connectivity index (χ2v) is 5.03. The van der Waals surface area contributed by atoms with Gasteiger partial charge in [-0.1, -0.05) is 13.0 Å². The minimum absolute atomic E-state index is 0. The molecule has 160 valence electrons. The molecule has 0 unspecified atom stereocenters. The van der Waals surface area contributed by atoms with Crippen molar-refractivity contribution >= 4 is 24.4 Å². The van der Waals surface area contributed by atoms with Crippen LogP contribution in [0.2, 0.25) is 0 Å². The minimum Gasteiger partial charge on any atom is -0.520 e. The van der Waals surface area contributed by atoms with E-state index in [2.05, 4.69) is 16.4 Å². The van der Waals surface area contributed by atoms with Crippen molar-refractivity contribution in [3.05, 3.63) is 29.3 Å². The van der Waals surface area contributed by atoms with E-state index in [9.17, 15) is 9.59 Å². The van der Waals surface area contributed by atoms with Gasteiger partial charge in [-0.2, -0.15) is 6.41 Å². The van der Waals surface area contributed by atoms with Gasteiger partial charge in [-0.15, -0.1) is 0 Å². The zero-order valence-corrected chi connectivity index (χ0v) is 18.3. The molecule has 0 saturated heterocycles. The fourth-order valence-corrected chi connectivity index (χ4v) is 1.62. The second kappa shape index (κ2) is 18.7. The number of aldehydes is 1. The monoisotopic (exact) mass is 625 g/mol. The predicted molar refractivity (Wildman–Crippen MR) is 102 cm³/mol. The number of hydrogen-bond acceptors (Lipinski definition) is 6. The zero-order valence-electron chi connectivity index (χ0n) is 15.9. The van der Waals surface area contributed by atoms with Crippen LogP contribution in [0.5, 0.6) is 0 Å². The number of anilines is 1. The van der Waals surface area contributed by atoms with Crippen molar-refractivity contribution in [2.75, 3.05) is 32.5 Å². The predicted octanol–water partition coefficient (Wildman–Crippen LogP) is -0.0717. The molecule has 0 saturated carbocycles. The summed E-state index contributed by atoms with van der Waals surface area (Å²) < 4.78 is 0. The molecule has 0 radical (unpaired) electrons. The maximum atomic E-state index is 10.4. The first-order valence-electron chi connectivity index (χ1n) is 8.06. The summed E-state index contributed by atoms with van der Waals surface area (Å²) in [5.74, 6) is 0. The van der Waals surface area contributed by atoms with Gasteiger partial charge in [0.05, 0.1) is 6.61 Å². The second-order valence-electron chi connectivity index (χ2n) is 5.03. The molecule has 9 nitrogen and oxygen atoms in total. The standard InChI is InChI=1S/C11H15N2O2.C4H10N2O.C2H5NO.Fm/c1-12-11-4-3-9(7-14)10(5-11)6-13(2)8-15;1-2-3-6-4(5)7;3-1-2-4;/h3-5,12,14H,6-7H2,1-2H3;2-3H2,1H3,(H3,5,6,7);2H,1,3H2;/q-1;;;. The van der Waals surface area contributed by atoms with Crippen molar-refractivity contribution in [1.29, 1.82) is 0 Å². The molecule has 0 aliphatic heterocycles. The third kappa shape index (κ3) is 15.6. The van der Waals surface area contributed by atoms with Gasteiger partial charge in [-0.3, -0.25) is 0 Å². The van der Waals surface area contributed by atoms with E-state index in [1.165, 1.54) is 4.90 Å². The number of urea groups is 1. The van der Waals surface area contributed by atoms with Crippen molar-refractivity contribution < 1.29 is 19.5 Å². The van der Waals surface area contributed by atoms with Gasteiger partial charge in [0.2, 0.25) is 0 Å². The average molecular weight is 625 g/mol. The molecule has 27 heavy (non-hydrogen) atoms. The first-order chi connectivity index (χ1) is 12.4. The SMILES string of the molecule is CCCNC(N)=O.CNc1ccc(CO)c(CN(C)[C-]=O)c1.NCC=O.[Fm]. The van der Waals surface area contributed by atoms with Gasteiger partial charge in [-0.25, -0.2) is 4.79 Å². The number of amides is 3. The summed E-state index contributed by atoms with van der Waals surface area (Å²) in [6.07, 6.45) is 3.37. The molecule has 10 heteroatoms. The van der Waals surface area contributed by atoms with Crippen LogP contribution in [-0.2, 0) is 22.7 Å². The molecule has 0 heterocycles. The van der Waals surface area contributed by atoms with E-state index in [1.54, 1.807) is 13.5 Å². The largest absolute Gasteiger partial charge is 0.520 e. The summed E-state index contributed by atoms with van der Waals surface area (Å²) in [5, 5.41) is 14.6. The summed E-state index contributed by atoms with van der Waals surface area (Å²) in [5.41, 5.74) is 12.1. The zero-order chi connectivity index (χ0) is 20.4. The molecule has 7 N–H and O–H groups in total. The van der Waals surface area contributed by atoms with Crippen LogP contribution >= 0.6 is 0 Å². The molecule has 0 aliphatic rings. The van der Waals surface area contributed by atoms with E-state index in [1.807, 2.05) is 32.2 Å². The van der Waals surface area contributed by atoms with E-state index in [4.69, 9.17) is 15.6 Å². The van der Waals surface area contributed by atoms with Crippen molar-refractivity contribution in [2.45, 2.75) is 26.5 Å². The Morgan fingerprint density at radius 1 is 1.37 bits per heavy atom. The molecule has 0 spiro atoms. The number of rotatable bonds is 8. The van der Waals surface area contributed by atoms with Gasteiger partial charge in [0.15, 0.2) is 0 Å². The number of aliphatic hydroxyl groups excluding tert-OH is 1. The van der Waals surface area contributed by atoms with Gasteiger partial charge in [0.1, 0.15) is 6.29 Å².